The van der Waals surface area contributed by atoms with Crippen LogP contribution in [0.4, 0.5) is 0 Å². The molecule has 0 radical (unpaired) electrons. The van der Waals surface area contributed by atoms with Gasteiger partial charge < -0.3 is 0 Å². The average molecular weight is 334 g/mol. The Bertz CT molecular complexity index is 904. The van der Waals surface area contributed by atoms with E-state index in [1.165, 1.54) is 45.0 Å². The fourth-order valence-electron chi connectivity index (χ4n) is 2.39. The summed E-state index contributed by atoms with van der Waals surface area (Å²) >= 11 is 0. The summed E-state index contributed by atoms with van der Waals surface area (Å²) in [7, 11) is 0. The molecule has 0 amide bonds. The summed E-state index contributed by atoms with van der Waals surface area (Å²) in [4.78, 5) is 47.1. The van der Waals surface area contributed by atoms with E-state index in [0.29, 0.717) is 16.7 Å². The topological polar surface area (TPSA) is 68.3 Å². The quantitative estimate of drug-likeness (QED) is 0.587. The molecule has 0 aliphatic rings. The number of allylic oxidation sites excluding steroid dienone is 1. The van der Waals surface area contributed by atoms with Crippen molar-refractivity contribution in [2.45, 2.75) is 20.8 Å². The van der Waals surface area contributed by atoms with Crippen molar-refractivity contribution < 1.29 is 19.2 Å². The molecule has 0 aliphatic carbocycles. The number of carbonyl (C=O) groups is 4. The molecule has 25 heavy (non-hydrogen) atoms. The van der Waals surface area contributed by atoms with Gasteiger partial charge in [0.15, 0.2) is 23.1 Å². The van der Waals surface area contributed by atoms with Crippen molar-refractivity contribution in [3.8, 4) is 0 Å². The third kappa shape index (κ3) is 4.44. The van der Waals surface area contributed by atoms with Crippen molar-refractivity contribution >= 4 is 29.2 Å². The van der Waals surface area contributed by atoms with Gasteiger partial charge in [0.2, 0.25) is 0 Å². The van der Waals surface area contributed by atoms with Crippen molar-refractivity contribution in [1.82, 2.24) is 0 Å². The second-order valence-corrected chi connectivity index (χ2v) is 5.75. The van der Waals surface area contributed by atoms with Crippen molar-refractivity contribution in [2.75, 3.05) is 0 Å². The van der Waals surface area contributed by atoms with Gasteiger partial charge in [-0.05, 0) is 50.6 Å². The second-order valence-electron chi connectivity index (χ2n) is 5.75. The van der Waals surface area contributed by atoms with Crippen LogP contribution in [0.15, 0.2) is 48.5 Å². The molecule has 4 heteroatoms. The van der Waals surface area contributed by atoms with Gasteiger partial charge in [0.1, 0.15) is 0 Å². The van der Waals surface area contributed by atoms with Crippen LogP contribution < -0.4 is 0 Å². The summed E-state index contributed by atoms with van der Waals surface area (Å²) in [5.41, 5.74) is 2.13. The molecule has 0 aromatic heterocycles. The van der Waals surface area contributed by atoms with E-state index in [-0.39, 0.29) is 34.3 Å². The van der Waals surface area contributed by atoms with Crippen LogP contribution in [0.5, 0.6) is 0 Å². The Labute approximate surface area is 146 Å². The summed E-state index contributed by atoms with van der Waals surface area (Å²) in [5.74, 6) is -0.842. The summed E-state index contributed by atoms with van der Waals surface area (Å²) < 4.78 is 0. The van der Waals surface area contributed by atoms with Crippen LogP contribution in [-0.4, -0.2) is 23.1 Å². The molecule has 0 saturated carbocycles. The third-order valence-electron chi connectivity index (χ3n) is 3.79. The van der Waals surface area contributed by atoms with Crippen molar-refractivity contribution in [3.05, 3.63) is 76.4 Å². The number of benzene rings is 2. The van der Waals surface area contributed by atoms with E-state index in [0.717, 1.165) is 0 Å². The molecular formula is C21H18O4. The van der Waals surface area contributed by atoms with Gasteiger partial charge in [0.25, 0.3) is 0 Å². The van der Waals surface area contributed by atoms with E-state index < -0.39 is 0 Å². The fourth-order valence-corrected chi connectivity index (χ4v) is 2.39. The Morgan fingerprint density at radius 3 is 1.96 bits per heavy atom. The molecule has 0 N–H and O–H groups in total. The molecular weight excluding hydrogens is 316 g/mol. The third-order valence-corrected chi connectivity index (χ3v) is 3.79. The lowest BCUT2D eigenvalue weighted by Gasteiger charge is -2.06. The van der Waals surface area contributed by atoms with Crippen LogP contribution in [0, 0.1) is 0 Å². The van der Waals surface area contributed by atoms with Crippen LogP contribution in [0.25, 0.3) is 6.08 Å². The van der Waals surface area contributed by atoms with Crippen molar-refractivity contribution in [1.29, 1.82) is 0 Å². The van der Waals surface area contributed by atoms with Gasteiger partial charge >= 0.3 is 0 Å². The Morgan fingerprint density at radius 2 is 1.36 bits per heavy atom. The molecule has 0 saturated heterocycles. The van der Waals surface area contributed by atoms with Gasteiger partial charge in [-0.3, -0.25) is 19.2 Å². The van der Waals surface area contributed by atoms with Gasteiger partial charge in [0.05, 0.1) is 0 Å². The van der Waals surface area contributed by atoms with Gasteiger partial charge in [-0.2, -0.15) is 0 Å². The molecule has 0 atom stereocenters. The largest absolute Gasteiger partial charge is 0.295 e. The normalized spacial score (nSPS) is 10.7. The monoisotopic (exact) mass is 334 g/mol. The maximum atomic E-state index is 12.5. The maximum absolute atomic E-state index is 12.5. The number of Topliss-reactive ketones (excluding diaryl/α,β-unsaturated/α-hetero) is 3. The smallest absolute Gasteiger partial charge is 0.186 e. The van der Waals surface area contributed by atoms with Crippen molar-refractivity contribution in [3.63, 3.8) is 0 Å². The van der Waals surface area contributed by atoms with E-state index in [4.69, 9.17) is 0 Å². The summed E-state index contributed by atoms with van der Waals surface area (Å²) in [6, 6.07) is 11.4. The predicted octanol–water partition coefficient (Wildman–Crippen LogP) is 4.19. The lowest BCUT2D eigenvalue weighted by atomic mass is 9.96. The minimum Gasteiger partial charge on any atom is -0.295 e. The maximum Gasteiger partial charge on any atom is 0.186 e. The summed E-state index contributed by atoms with van der Waals surface area (Å²) in [6.07, 6.45) is 2.95. The van der Waals surface area contributed by atoms with Gasteiger partial charge in [-0.1, -0.05) is 30.3 Å². The highest BCUT2D eigenvalue weighted by Crippen LogP contribution is 2.16. The first-order chi connectivity index (χ1) is 11.8. The SMILES string of the molecule is CC(=O)c1cccc(/C=C/C(=O)c2ccc(C(C)=O)cc2C(C)=O)c1. The minimum absolute atomic E-state index is 0.0553. The second kappa shape index (κ2) is 7.62. The first-order valence-corrected chi connectivity index (χ1v) is 7.79. The molecule has 126 valence electrons. The molecule has 0 aliphatic heterocycles. The zero-order chi connectivity index (χ0) is 18.6. The van der Waals surface area contributed by atoms with Crippen LogP contribution in [0.1, 0.15) is 67.8 Å². The van der Waals surface area contributed by atoms with E-state index in [9.17, 15) is 19.2 Å². The molecule has 0 bridgehead atoms. The number of carbonyl (C=O) groups excluding carboxylic acids is 4. The van der Waals surface area contributed by atoms with Crippen LogP contribution in [0.3, 0.4) is 0 Å². The number of ketones is 4. The summed E-state index contributed by atoms with van der Waals surface area (Å²) in [6.45, 7) is 4.24. The highest BCUT2D eigenvalue weighted by atomic mass is 16.1. The fraction of sp³-hybridized carbons (Fsp3) is 0.143. The molecule has 2 aromatic rings. The standard InChI is InChI=1S/C21H18O4/c1-13(22)17-6-4-5-16(11-17)7-10-21(25)19-9-8-18(14(2)23)12-20(19)15(3)24/h4-12H,1-3H3/b10-7+. The lowest BCUT2D eigenvalue weighted by Crippen LogP contribution is -2.07. The lowest BCUT2D eigenvalue weighted by molar-refractivity contribution is 0.0991. The molecule has 0 heterocycles. The molecule has 0 spiro atoms. The first kappa shape index (κ1) is 18.2. The van der Waals surface area contributed by atoms with Gasteiger partial charge in [-0.25, -0.2) is 0 Å². The number of hydrogen-bond acceptors (Lipinski definition) is 4. The van der Waals surface area contributed by atoms with Gasteiger partial charge in [0, 0.05) is 22.3 Å². The molecule has 4 nitrogen and oxygen atoms in total. The highest BCUT2D eigenvalue weighted by Gasteiger charge is 2.14. The Kier molecular flexibility index (Phi) is 5.55. The minimum atomic E-state index is -0.339. The van der Waals surface area contributed by atoms with E-state index in [1.54, 1.807) is 30.3 Å². The number of rotatable bonds is 6. The van der Waals surface area contributed by atoms with E-state index in [2.05, 4.69) is 0 Å². The Hall–Kier alpha value is -3.14. The van der Waals surface area contributed by atoms with E-state index in [1.807, 2.05) is 0 Å². The molecule has 0 fully saturated rings. The molecule has 2 aromatic carbocycles. The van der Waals surface area contributed by atoms with E-state index >= 15 is 0 Å². The van der Waals surface area contributed by atoms with Gasteiger partial charge in [-0.15, -0.1) is 0 Å². The first-order valence-electron chi connectivity index (χ1n) is 7.79. The predicted molar refractivity (Wildman–Crippen MR) is 96.3 cm³/mol. The zero-order valence-corrected chi connectivity index (χ0v) is 14.3. The van der Waals surface area contributed by atoms with Crippen LogP contribution in [0.2, 0.25) is 0 Å². The average Bonchev–Trinajstić information content (AvgIpc) is 2.59. The molecule has 2 rings (SSSR count). The number of hydrogen-bond donors (Lipinski definition) is 0. The zero-order valence-electron chi connectivity index (χ0n) is 14.3. The highest BCUT2D eigenvalue weighted by molar-refractivity contribution is 6.14. The van der Waals surface area contributed by atoms with Crippen molar-refractivity contribution in [2.24, 2.45) is 0 Å². The Balaban J connectivity index is 2.34. The van der Waals surface area contributed by atoms with Crippen LogP contribution in [-0.2, 0) is 0 Å². The Morgan fingerprint density at radius 1 is 0.720 bits per heavy atom. The molecule has 0 unspecified atom stereocenters. The van der Waals surface area contributed by atoms with Crippen LogP contribution >= 0.6 is 0 Å². The summed E-state index contributed by atoms with van der Waals surface area (Å²) in [5, 5.41) is 0.